The molecule has 0 aromatic heterocycles. The standard InChI is InChI=1S/C9H13S2/c1-10-8-6-4-5-7-9(8)11(2)3/h4-7H,1-3H3/q+1. The first kappa shape index (κ1) is 9.01. The van der Waals surface area contributed by atoms with E-state index in [9.17, 15) is 0 Å². The van der Waals surface area contributed by atoms with Crippen molar-refractivity contribution in [1.29, 1.82) is 0 Å². The summed E-state index contributed by atoms with van der Waals surface area (Å²) in [5.74, 6) is 0. The summed E-state index contributed by atoms with van der Waals surface area (Å²) in [6.45, 7) is 0. The Morgan fingerprint density at radius 1 is 1.18 bits per heavy atom. The highest BCUT2D eigenvalue weighted by atomic mass is 32.2. The van der Waals surface area contributed by atoms with Gasteiger partial charge in [-0.05, 0) is 18.4 Å². The molecule has 0 amide bonds. The van der Waals surface area contributed by atoms with E-state index in [-0.39, 0.29) is 0 Å². The van der Waals surface area contributed by atoms with Crippen LogP contribution in [0.5, 0.6) is 0 Å². The van der Waals surface area contributed by atoms with Crippen molar-refractivity contribution in [2.45, 2.75) is 9.79 Å². The summed E-state index contributed by atoms with van der Waals surface area (Å²) >= 11 is 1.83. The monoisotopic (exact) mass is 185 g/mol. The maximum Gasteiger partial charge on any atom is 0.167 e. The normalized spacial score (nSPS) is 10.5. The Morgan fingerprint density at radius 3 is 2.27 bits per heavy atom. The van der Waals surface area contributed by atoms with Gasteiger partial charge in [0.15, 0.2) is 4.90 Å². The lowest BCUT2D eigenvalue weighted by Crippen LogP contribution is -1.96. The molecule has 60 valence electrons. The Morgan fingerprint density at radius 2 is 1.82 bits per heavy atom. The van der Waals surface area contributed by atoms with Gasteiger partial charge in [0.1, 0.15) is 12.5 Å². The quantitative estimate of drug-likeness (QED) is 0.504. The number of benzene rings is 1. The van der Waals surface area contributed by atoms with Gasteiger partial charge >= 0.3 is 0 Å². The number of rotatable bonds is 2. The second-order valence-corrected chi connectivity index (χ2v) is 5.39. The molecular weight excluding hydrogens is 172 g/mol. The molecule has 0 aliphatic carbocycles. The second kappa shape index (κ2) is 4.07. The van der Waals surface area contributed by atoms with Crippen molar-refractivity contribution < 1.29 is 0 Å². The van der Waals surface area contributed by atoms with Crippen LogP contribution in [-0.4, -0.2) is 18.8 Å². The van der Waals surface area contributed by atoms with E-state index in [0.717, 1.165) is 0 Å². The van der Waals surface area contributed by atoms with Gasteiger partial charge in [0, 0.05) is 10.9 Å². The average molecular weight is 185 g/mol. The van der Waals surface area contributed by atoms with Crippen LogP contribution in [0.15, 0.2) is 34.1 Å². The van der Waals surface area contributed by atoms with Crippen LogP contribution in [0.25, 0.3) is 0 Å². The summed E-state index contributed by atoms with van der Waals surface area (Å²) in [5, 5.41) is 0. The zero-order valence-corrected chi connectivity index (χ0v) is 8.76. The highest BCUT2D eigenvalue weighted by molar-refractivity contribution is 8.00. The van der Waals surface area contributed by atoms with E-state index in [4.69, 9.17) is 0 Å². The average Bonchev–Trinajstić information content (AvgIpc) is 2.04. The smallest absolute Gasteiger partial charge is 0.124 e. The molecule has 0 fully saturated rings. The fourth-order valence-electron chi connectivity index (χ4n) is 0.956. The molecule has 0 bridgehead atoms. The first-order chi connectivity index (χ1) is 5.25. The molecule has 2 heteroatoms. The van der Waals surface area contributed by atoms with Crippen LogP contribution in [0.1, 0.15) is 0 Å². The topological polar surface area (TPSA) is 0 Å². The van der Waals surface area contributed by atoms with Gasteiger partial charge in [-0.15, -0.1) is 11.8 Å². The summed E-state index contributed by atoms with van der Waals surface area (Å²) in [5.41, 5.74) is 0. The van der Waals surface area contributed by atoms with E-state index >= 15 is 0 Å². The fraction of sp³-hybridized carbons (Fsp3) is 0.333. The van der Waals surface area contributed by atoms with Crippen molar-refractivity contribution in [1.82, 2.24) is 0 Å². The van der Waals surface area contributed by atoms with E-state index in [2.05, 4.69) is 43.0 Å². The van der Waals surface area contributed by atoms with E-state index < -0.39 is 0 Å². The molecule has 11 heavy (non-hydrogen) atoms. The van der Waals surface area contributed by atoms with Crippen molar-refractivity contribution in [3.05, 3.63) is 24.3 Å². The molecule has 0 saturated carbocycles. The third-order valence-corrected chi connectivity index (χ3v) is 3.67. The minimum Gasteiger partial charge on any atom is -0.124 e. The minimum atomic E-state index is 0.389. The van der Waals surface area contributed by atoms with E-state index in [1.54, 1.807) is 0 Å². The predicted octanol–water partition coefficient (Wildman–Crippen LogP) is 2.65. The zero-order valence-electron chi connectivity index (χ0n) is 7.13. The van der Waals surface area contributed by atoms with Gasteiger partial charge in [0.25, 0.3) is 0 Å². The van der Waals surface area contributed by atoms with Crippen molar-refractivity contribution >= 4 is 22.7 Å². The third kappa shape index (κ3) is 2.17. The van der Waals surface area contributed by atoms with Crippen molar-refractivity contribution in [2.24, 2.45) is 0 Å². The molecule has 0 nitrogen and oxygen atoms in total. The van der Waals surface area contributed by atoms with Gasteiger partial charge in [-0.25, -0.2) is 0 Å². The molecule has 0 radical (unpaired) electrons. The third-order valence-electron chi connectivity index (χ3n) is 1.51. The molecule has 0 N–H and O–H groups in total. The maximum absolute atomic E-state index is 2.26. The molecule has 0 atom stereocenters. The van der Waals surface area contributed by atoms with Crippen molar-refractivity contribution in [3.63, 3.8) is 0 Å². The predicted molar refractivity (Wildman–Crippen MR) is 55.7 cm³/mol. The molecule has 0 spiro atoms. The molecule has 0 saturated heterocycles. The Balaban J connectivity index is 3.02. The first-order valence-electron chi connectivity index (χ1n) is 3.46. The summed E-state index contributed by atoms with van der Waals surface area (Å²) in [6.07, 6.45) is 6.65. The minimum absolute atomic E-state index is 0.389. The first-order valence-corrected chi connectivity index (χ1v) is 6.73. The number of thioether (sulfide) groups is 1. The molecule has 0 aliphatic heterocycles. The van der Waals surface area contributed by atoms with Crippen LogP contribution < -0.4 is 0 Å². The molecule has 0 unspecified atom stereocenters. The van der Waals surface area contributed by atoms with E-state index in [0.29, 0.717) is 10.9 Å². The van der Waals surface area contributed by atoms with E-state index in [1.807, 2.05) is 11.8 Å². The van der Waals surface area contributed by atoms with Gasteiger partial charge in [-0.1, -0.05) is 12.1 Å². The van der Waals surface area contributed by atoms with Gasteiger partial charge < -0.3 is 0 Å². The molecular formula is C9H13S2+. The van der Waals surface area contributed by atoms with Crippen LogP contribution in [0.2, 0.25) is 0 Å². The van der Waals surface area contributed by atoms with Crippen LogP contribution in [0, 0.1) is 0 Å². The van der Waals surface area contributed by atoms with Crippen LogP contribution in [-0.2, 0) is 10.9 Å². The van der Waals surface area contributed by atoms with Crippen LogP contribution >= 0.6 is 11.8 Å². The number of hydrogen-bond donors (Lipinski definition) is 0. The molecule has 1 aromatic rings. The largest absolute Gasteiger partial charge is 0.167 e. The Kier molecular flexibility index (Phi) is 3.34. The molecule has 1 rings (SSSR count). The van der Waals surface area contributed by atoms with E-state index in [1.165, 1.54) is 9.79 Å². The second-order valence-electron chi connectivity index (χ2n) is 2.47. The van der Waals surface area contributed by atoms with Gasteiger partial charge in [0.05, 0.1) is 4.90 Å². The summed E-state index contributed by atoms with van der Waals surface area (Å²) in [6, 6.07) is 8.62. The van der Waals surface area contributed by atoms with Gasteiger partial charge in [-0.3, -0.25) is 0 Å². The van der Waals surface area contributed by atoms with Gasteiger partial charge in [0.2, 0.25) is 0 Å². The fourth-order valence-corrected chi connectivity index (χ4v) is 3.01. The molecule has 1 aromatic carbocycles. The number of hydrogen-bond acceptors (Lipinski definition) is 1. The Bertz CT molecular complexity index is 231. The lowest BCUT2D eigenvalue weighted by Gasteiger charge is -2.01. The summed E-state index contributed by atoms with van der Waals surface area (Å²) < 4.78 is 0. The van der Waals surface area contributed by atoms with Gasteiger partial charge in [-0.2, -0.15) is 0 Å². The van der Waals surface area contributed by atoms with Crippen LogP contribution in [0.4, 0.5) is 0 Å². The lowest BCUT2D eigenvalue weighted by atomic mass is 10.4. The maximum atomic E-state index is 2.26. The molecule has 0 aliphatic rings. The Labute approximate surface area is 75.7 Å². The summed E-state index contributed by atoms with van der Waals surface area (Å²) in [4.78, 5) is 2.90. The SMILES string of the molecule is CSc1ccccc1[S+](C)C. The van der Waals surface area contributed by atoms with Crippen LogP contribution in [0.3, 0.4) is 0 Å². The van der Waals surface area contributed by atoms with Crippen molar-refractivity contribution in [3.8, 4) is 0 Å². The summed E-state index contributed by atoms with van der Waals surface area (Å²) in [7, 11) is 0.389. The highest BCUT2D eigenvalue weighted by Gasteiger charge is 2.12. The van der Waals surface area contributed by atoms with Crippen molar-refractivity contribution in [2.75, 3.05) is 18.8 Å². The highest BCUT2D eigenvalue weighted by Crippen LogP contribution is 2.23. The lowest BCUT2D eigenvalue weighted by molar-refractivity contribution is 1.25. The molecule has 0 heterocycles. The zero-order chi connectivity index (χ0) is 8.27. The Hall–Kier alpha value is -0.0800.